The van der Waals surface area contributed by atoms with E-state index in [1.807, 2.05) is 18.2 Å². The van der Waals surface area contributed by atoms with Crippen molar-refractivity contribution in [1.29, 1.82) is 0 Å². The molecule has 1 heterocycles. The van der Waals surface area contributed by atoms with Crippen molar-refractivity contribution in [2.45, 2.75) is 25.3 Å². The molecule has 1 fully saturated rings. The van der Waals surface area contributed by atoms with Gasteiger partial charge in [0.1, 0.15) is 28.3 Å². The number of hydrogen-bond acceptors (Lipinski definition) is 5. The van der Waals surface area contributed by atoms with Gasteiger partial charge in [-0.25, -0.2) is 9.97 Å². The number of nitrogens with zero attached hydrogens (tertiary/aromatic N) is 2. The maximum atomic E-state index is 6.07. The Bertz CT molecular complexity index is 674. The molecule has 0 spiro atoms. The molecule has 0 aliphatic heterocycles. The number of rotatable bonds is 6. The van der Waals surface area contributed by atoms with Crippen molar-refractivity contribution in [2.75, 3.05) is 19.5 Å². The summed E-state index contributed by atoms with van der Waals surface area (Å²) in [5.74, 6) is 3.57. The quantitative estimate of drug-likeness (QED) is 0.824. The summed E-state index contributed by atoms with van der Waals surface area (Å²) >= 11 is 6.07. The summed E-state index contributed by atoms with van der Waals surface area (Å²) in [6.07, 6.45) is 2.29. The molecule has 0 amide bonds. The van der Waals surface area contributed by atoms with E-state index in [0.29, 0.717) is 17.6 Å². The van der Waals surface area contributed by atoms with Crippen LogP contribution >= 0.6 is 11.6 Å². The maximum absolute atomic E-state index is 6.07. The molecule has 1 aliphatic carbocycles. The largest absolute Gasteiger partial charge is 0.497 e. The van der Waals surface area contributed by atoms with Crippen LogP contribution in [0, 0.1) is 0 Å². The van der Waals surface area contributed by atoms with Crippen LogP contribution in [0.15, 0.2) is 24.3 Å². The SMILES string of the molecule is COc1ccc(CNc2cc(Cl)nc(C3CC3)n2)c(OC)c1. The van der Waals surface area contributed by atoms with E-state index in [9.17, 15) is 0 Å². The van der Waals surface area contributed by atoms with E-state index in [2.05, 4.69) is 15.3 Å². The van der Waals surface area contributed by atoms with E-state index >= 15 is 0 Å². The first-order valence-electron chi connectivity index (χ1n) is 7.19. The number of benzene rings is 1. The molecule has 116 valence electrons. The first-order valence-corrected chi connectivity index (χ1v) is 7.56. The fraction of sp³-hybridized carbons (Fsp3) is 0.375. The molecule has 22 heavy (non-hydrogen) atoms. The van der Waals surface area contributed by atoms with Gasteiger partial charge in [0.2, 0.25) is 0 Å². The maximum Gasteiger partial charge on any atom is 0.135 e. The van der Waals surface area contributed by atoms with Crippen LogP contribution < -0.4 is 14.8 Å². The van der Waals surface area contributed by atoms with Gasteiger partial charge in [-0.15, -0.1) is 0 Å². The van der Waals surface area contributed by atoms with Crippen LogP contribution in [0.2, 0.25) is 5.15 Å². The van der Waals surface area contributed by atoms with Crippen molar-refractivity contribution in [3.8, 4) is 11.5 Å². The summed E-state index contributed by atoms with van der Waals surface area (Å²) in [5.41, 5.74) is 1.02. The lowest BCUT2D eigenvalue weighted by atomic mass is 10.2. The third kappa shape index (κ3) is 3.42. The molecule has 1 saturated carbocycles. The molecule has 0 atom stereocenters. The molecule has 3 rings (SSSR count). The Morgan fingerprint density at radius 1 is 1.18 bits per heavy atom. The third-order valence-electron chi connectivity index (χ3n) is 3.61. The fourth-order valence-corrected chi connectivity index (χ4v) is 2.42. The average Bonchev–Trinajstić information content (AvgIpc) is 3.37. The van der Waals surface area contributed by atoms with Crippen LogP contribution in [0.1, 0.15) is 30.1 Å². The molecular formula is C16H18ClN3O2. The van der Waals surface area contributed by atoms with E-state index in [-0.39, 0.29) is 0 Å². The third-order valence-corrected chi connectivity index (χ3v) is 3.80. The fourth-order valence-electron chi connectivity index (χ4n) is 2.23. The minimum Gasteiger partial charge on any atom is -0.497 e. The first kappa shape index (κ1) is 14.9. The lowest BCUT2D eigenvalue weighted by molar-refractivity contribution is 0.391. The van der Waals surface area contributed by atoms with E-state index in [4.69, 9.17) is 21.1 Å². The van der Waals surface area contributed by atoms with Gasteiger partial charge in [-0.3, -0.25) is 0 Å². The molecule has 5 nitrogen and oxygen atoms in total. The summed E-state index contributed by atoms with van der Waals surface area (Å²) in [7, 11) is 3.28. The van der Waals surface area contributed by atoms with Crippen LogP contribution in [0.4, 0.5) is 5.82 Å². The Labute approximate surface area is 134 Å². The molecule has 1 aromatic carbocycles. The molecule has 0 unspecified atom stereocenters. The zero-order chi connectivity index (χ0) is 15.5. The van der Waals surface area contributed by atoms with Gasteiger partial charge in [-0.2, -0.15) is 0 Å². The molecule has 6 heteroatoms. The van der Waals surface area contributed by atoms with Gasteiger partial charge in [0.05, 0.1) is 14.2 Å². The molecule has 0 bridgehead atoms. The normalized spacial score (nSPS) is 13.8. The number of ether oxygens (including phenoxy) is 2. The van der Waals surface area contributed by atoms with Crippen LogP contribution in [0.25, 0.3) is 0 Å². The number of halogens is 1. The van der Waals surface area contributed by atoms with Gasteiger partial charge in [0.25, 0.3) is 0 Å². The van der Waals surface area contributed by atoms with Crippen molar-refractivity contribution in [1.82, 2.24) is 9.97 Å². The number of hydrogen-bond donors (Lipinski definition) is 1. The van der Waals surface area contributed by atoms with Crippen LogP contribution in [0.3, 0.4) is 0 Å². The smallest absolute Gasteiger partial charge is 0.135 e. The number of methoxy groups -OCH3 is 2. The van der Waals surface area contributed by atoms with Crippen molar-refractivity contribution in [3.05, 3.63) is 40.8 Å². The Morgan fingerprint density at radius 3 is 2.68 bits per heavy atom. The molecule has 0 saturated heterocycles. The highest BCUT2D eigenvalue weighted by Gasteiger charge is 2.27. The van der Waals surface area contributed by atoms with Crippen molar-refractivity contribution >= 4 is 17.4 Å². The second kappa shape index (κ2) is 6.40. The lowest BCUT2D eigenvalue weighted by Crippen LogP contribution is -2.05. The Morgan fingerprint density at radius 2 is 2.00 bits per heavy atom. The minimum atomic E-state index is 0.467. The van der Waals surface area contributed by atoms with Crippen molar-refractivity contribution in [3.63, 3.8) is 0 Å². The van der Waals surface area contributed by atoms with Gasteiger partial charge in [-0.1, -0.05) is 11.6 Å². The monoisotopic (exact) mass is 319 g/mol. The predicted octanol–water partition coefficient (Wildman–Crippen LogP) is 3.64. The van der Waals surface area contributed by atoms with Crippen LogP contribution in [-0.2, 0) is 6.54 Å². The van der Waals surface area contributed by atoms with E-state index in [0.717, 1.165) is 41.5 Å². The second-order valence-electron chi connectivity index (χ2n) is 5.24. The topological polar surface area (TPSA) is 56.3 Å². The molecule has 2 aromatic rings. The molecule has 1 N–H and O–H groups in total. The first-order chi connectivity index (χ1) is 10.7. The van der Waals surface area contributed by atoms with Crippen LogP contribution in [-0.4, -0.2) is 24.2 Å². The van der Waals surface area contributed by atoms with E-state index < -0.39 is 0 Å². The standard InChI is InChI=1S/C16H18ClN3O2/c1-21-12-6-5-11(13(7-12)22-2)9-18-15-8-14(17)19-16(20-15)10-3-4-10/h5-8,10H,3-4,9H2,1-2H3,(H,18,19,20). The molecule has 1 aromatic heterocycles. The number of anilines is 1. The lowest BCUT2D eigenvalue weighted by Gasteiger charge is -2.12. The summed E-state index contributed by atoms with van der Waals surface area (Å²) in [4.78, 5) is 8.81. The average molecular weight is 320 g/mol. The van der Waals surface area contributed by atoms with Gasteiger partial charge in [-0.05, 0) is 25.0 Å². The number of aromatic nitrogens is 2. The molecule has 0 radical (unpaired) electrons. The van der Waals surface area contributed by atoms with Crippen LogP contribution in [0.5, 0.6) is 11.5 Å². The summed E-state index contributed by atoms with van der Waals surface area (Å²) < 4.78 is 10.6. The summed E-state index contributed by atoms with van der Waals surface area (Å²) in [5, 5.41) is 3.75. The van der Waals surface area contributed by atoms with Gasteiger partial charge >= 0.3 is 0 Å². The predicted molar refractivity (Wildman–Crippen MR) is 85.9 cm³/mol. The summed E-state index contributed by atoms with van der Waals surface area (Å²) in [6, 6.07) is 7.47. The highest BCUT2D eigenvalue weighted by atomic mass is 35.5. The minimum absolute atomic E-state index is 0.467. The zero-order valence-electron chi connectivity index (χ0n) is 12.6. The Kier molecular flexibility index (Phi) is 4.34. The van der Waals surface area contributed by atoms with Crippen molar-refractivity contribution < 1.29 is 9.47 Å². The molecule has 1 aliphatic rings. The second-order valence-corrected chi connectivity index (χ2v) is 5.63. The highest BCUT2D eigenvalue weighted by Crippen LogP contribution is 2.38. The van der Waals surface area contributed by atoms with Gasteiger partial charge in [0.15, 0.2) is 0 Å². The van der Waals surface area contributed by atoms with Gasteiger partial charge in [0, 0.05) is 30.2 Å². The number of nitrogens with one attached hydrogen (secondary N) is 1. The van der Waals surface area contributed by atoms with Gasteiger partial charge < -0.3 is 14.8 Å². The Hall–Kier alpha value is -2.01. The zero-order valence-corrected chi connectivity index (χ0v) is 13.4. The van der Waals surface area contributed by atoms with E-state index in [1.165, 1.54) is 0 Å². The highest BCUT2D eigenvalue weighted by molar-refractivity contribution is 6.29. The van der Waals surface area contributed by atoms with E-state index in [1.54, 1.807) is 20.3 Å². The summed E-state index contributed by atoms with van der Waals surface area (Å²) in [6.45, 7) is 0.588. The Balaban J connectivity index is 1.74. The van der Waals surface area contributed by atoms with Crippen molar-refractivity contribution in [2.24, 2.45) is 0 Å². The molecular weight excluding hydrogens is 302 g/mol.